The molecule has 0 aliphatic carbocycles. The molecule has 6 heteroatoms. The number of nitrogens with two attached hydrogens (primary N) is 1. The Morgan fingerprint density at radius 2 is 2.38 bits per heavy atom. The van der Waals surface area contributed by atoms with Crippen LogP contribution in [0.15, 0.2) is 17.0 Å². The van der Waals surface area contributed by atoms with Gasteiger partial charge < -0.3 is 14.8 Å². The third kappa shape index (κ3) is 2.27. The first-order chi connectivity index (χ1) is 7.66. The van der Waals surface area contributed by atoms with Crippen molar-refractivity contribution in [3.8, 4) is 0 Å². The van der Waals surface area contributed by atoms with E-state index in [-0.39, 0.29) is 6.04 Å². The Balaban J connectivity index is 2.02. The molecule has 2 aromatic heterocycles. The van der Waals surface area contributed by atoms with Crippen LogP contribution in [-0.2, 0) is 13.0 Å². The Hall–Kier alpha value is -1.69. The van der Waals surface area contributed by atoms with Crippen LogP contribution in [0.1, 0.15) is 30.4 Å². The molecule has 16 heavy (non-hydrogen) atoms. The van der Waals surface area contributed by atoms with Gasteiger partial charge in [0.2, 0.25) is 5.89 Å². The van der Waals surface area contributed by atoms with Crippen molar-refractivity contribution in [2.24, 2.45) is 5.73 Å². The fourth-order valence-corrected chi connectivity index (χ4v) is 1.56. The van der Waals surface area contributed by atoms with Crippen LogP contribution in [0.4, 0.5) is 0 Å². The number of aromatic nitrogens is 4. The van der Waals surface area contributed by atoms with Gasteiger partial charge in [0, 0.05) is 32.1 Å². The Kier molecular flexibility index (Phi) is 3.00. The fourth-order valence-electron chi connectivity index (χ4n) is 1.56. The van der Waals surface area contributed by atoms with Crippen LogP contribution in [0.2, 0.25) is 0 Å². The van der Waals surface area contributed by atoms with Crippen LogP contribution < -0.4 is 5.73 Å². The Labute approximate surface area is 93.5 Å². The van der Waals surface area contributed by atoms with E-state index in [1.807, 2.05) is 11.5 Å². The molecule has 2 N–H and O–H groups in total. The second-order valence-electron chi connectivity index (χ2n) is 3.78. The average Bonchev–Trinajstić information content (AvgIpc) is 2.83. The highest BCUT2D eigenvalue weighted by atomic mass is 16.5. The molecule has 0 aliphatic rings. The summed E-state index contributed by atoms with van der Waals surface area (Å²) in [6.45, 7) is 4.48. The minimum absolute atomic E-state index is 0.0190. The fraction of sp³-hybridized carbons (Fsp3) is 0.500. The molecule has 0 aromatic carbocycles. The van der Waals surface area contributed by atoms with Crippen molar-refractivity contribution in [2.45, 2.75) is 32.9 Å². The molecule has 0 amide bonds. The maximum Gasteiger partial charge on any atom is 0.223 e. The number of hydrogen-bond donors (Lipinski definition) is 1. The van der Waals surface area contributed by atoms with Gasteiger partial charge in [-0.1, -0.05) is 5.16 Å². The highest BCUT2D eigenvalue weighted by Gasteiger charge is 2.08. The van der Waals surface area contributed by atoms with Crippen molar-refractivity contribution in [1.29, 1.82) is 0 Å². The van der Waals surface area contributed by atoms with Crippen molar-refractivity contribution >= 4 is 0 Å². The van der Waals surface area contributed by atoms with Gasteiger partial charge in [0.25, 0.3) is 0 Å². The van der Waals surface area contributed by atoms with Crippen LogP contribution in [-0.4, -0.2) is 19.7 Å². The molecule has 0 saturated carbocycles. The molecule has 0 radical (unpaired) electrons. The summed E-state index contributed by atoms with van der Waals surface area (Å²) in [5.74, 6) is 1.30. The molecule has 0 bridgehead atoms. The summed E-state index contributed by atoms with van der Waals surface area (Å²) in [5, 5.41) is 3.84. The highest BCUT2D eigenvalue weighted by molar-refractivity contribution is 5.03. The van der Waals surface area contributed by atoms with Crippen molar-refractivity contribution in [3.63, 3.8) is 0 Å². The number of rotatable bonds is 4. The number of aryl methyl sites for hydroxylation is 3. The summed E-state index contributed by atoms with van der Waals surface area (Å²) in [5.41, 5.74) is 6.84. The molecular weight excluding hydrogens is 206 g/mol. The van der Waals surface area contributed by atoms with Crippen LogP contribution >= 0.6 is 0 Å². The Morgan fingerprint density at radius 1 is 1.56 bits per heavy atom. The van der Waals surface area contributed by atoms with Gasteiger partial charge in [-0.05, 0) is 6.92 Å². The van der Waals surface area contributed by atoms with E-state index in [2.05, 4.69) is 15.1 Å². The SMILES string of the molecule is Cc1nc(CCn2cncc2C(C)N)no1. The standard InChI is InChI=1S/C10H15N5O/c1-7(11)9-5-12-6-15(9)4-3-10-13-8(2)16-14-10/h5-7H,3-4,11H2,1-2H3. The monoisotopic (exact) mass is 221 g/mol. The Morgan fingerprint density at radius 3 is 3.00 bits per heavy atom. The number of nitrogens with zero attached hydrogens (tertiary/aromatic N) is 4. The van der Waals surface area contributed by atoms with E-state index in [0.717, 1.165) is 12.2 Å². The lowest BCUT2D eigenvalue weighted by atomic mass is 10.2. The molecule has 86 valence electrons. The van der Waals surface area contributed by atoms with Gasteiger partial charge in [-0.25, -0.2) is 4.98 Å². The minimum Gasteiger partial charge on any atom is -0.340 e. The lowest BCUT2D eigenvalue weighted by Gasteiger charge is -2.09. The molecule has 1 unspecified atom stereocenters. The molecule has 2 heterocycles. The molecule has 6 nitrogen and oxygen atoms in total. The zero-order chi connectivity index (χ0) is 11.5. The second kappa shape index (κ2) is 4.44. The van der Waals surface area contributed by atoms with Gasteiger partial charge in [-0.15, -0.1) is 0 Å². The van der Waals surface area contributed by atoms with E-state index in [9.17, 15) is 0 Å². The van der Waals surface area contributed by atoms with Crippen LogP contribution in [0.5, 0.6) is 0 Å². The summed E-state index contributed by atoms with van der Waals surface area (Å²) in [7, 11) is 0. The summed E-state index contributed by atoms with van der Waals surface area (Å²) < 4.78 is 6.91. The third-order valence-corrected chi connectivity index (χ3v) is 2.36. The summed E-state index contributed by atoms with van der Waals surface area (Å²) >= 11 is 0. The lowest BCUT2D eigenvalue weighted by Crippen LogP contribution is -2.13. The molecule has 1 atom stereocenters. The van der Waals surface area contributed by atoms with Gasteiger partial charge >= 0.3 is 0 Å². The van der Waals surface area contributed by atoms with Crippen LogP contribution in [0.25, 0.3) is 0 Å². The zero-order valence-electron chi connectivity index (χ0n) is 9.42. The highest BCUT2D eigenvalue weighted by Crippen LogP contribution is 2.09. The minimum atomic E-state index is -0.0190. The molecule has 0 saturated heterocycles. The van der Waals surface area contributed by atoms with Gasteiger partial charge in [0.15, 0.2) is 5.82 Å². The molecular formula is C10H15N5O. The summed E-state index contributed by atoms with van der Waals surface area (Å²) in [6, 6.07) is -0.0190. The van der Waals surface area contributed by atoms with E-state index in [0.29, 0.717) is 18.1 Å². The molecule has 2 rings (SSSR count). The summed E-state index contributed by atoms with van der Waals surface area (Å²) in [6.07, 6.45) is 4.27. The lowest BCUT2D eigenvalue weighted by molar-refractivity contribution is 0.386. The third-order valence-electron chi connectivity index (χ3n) is 2.36. The molecule has 0 aliphatic heterocycles. The quantitative estimate of drug-likeness (QED) is 0.827. The van der Waals surface area contributed by atoms with E-state index < -0.39 is 0 Å². The topological polar surface area (TPSA) is 82.8 Å². The molecule has 0 fully saturated rings. The predicted molar refractivity (Wildman–Crippen MR) is 57.6 cm³/mol. The average molecular weight is 221 g/mol. The van der Waals surface area contributed by atoms with Crippen molar-refractivity contribution in [1.82, 2.24) is 19.7 Å². The maximum absolute atomic E-state index is 5.82. The smallest absolute Gasteiger partial charge is 0.223 e. The predicted octanol–water partition coefficient (Wildman–Crippen LogP) is 0.837. The second-order valence-corrected chi connectivity index (χ2v) is 3.78. The van der Waals surface area contributed by atoms with Gasteiger partial charge in [0.1, 0.15) is 0 Å². The van der Waals surface area contributed by atoms with Gasteiger partial charge in [-0.2, -0.15) is 4.98 Å². The van der Waals surface area contributed by atoms with Crippen molar-refractivity contribution in [3.05, 3.63) is 29.9 Å². The van der Waals surface area contributed by atoms with E-state index in [1.54, 1.807) is 19.4 Å². The van der Waals surface area contributed by atoms with Gasteiger partial charge in [-0.3, -0.25) is 0 Å². The first-order valence-electron chi connectivity index (χ1n) is 5.21. The van der Waals surface area contributed by atoms with Crippen LogP contribution in [0.3, 0.4) is 0 Å². The van der Waals surface area contributed by atoms with E-state index in [1.165, 1.54) is 0 Å². The number of hydrogen-bond acceptors (Lipinski definition) is 5. The maximum atomic E-state index is 5.82. The summed E-state index contributed by atoms with van der Waals surface area (Å²) in [4.78, 5) is 8.22. The van der Waals surface area contributed by atoms with Crippen LogP contribution in [0, 0.1) is 6.92 Å². The number of imidazole rings is 1. The largest absolute Gasteiger partial charge is 0.340 e. The van der Waals surface area contributed by atoms with E-state index in [4.69, 9.17) is 10.3 Å². The first kappa shape index (κ1) is 10.8. The normalized spacial score (nSPS) is 12.9. The molecule has 0 spiro atoms. The Bertz CT molecular complexity index is 459. The van der Waals surface area contributed by atoms with Crippen molar-refractivity contribution < 1.29 is 4.52 Å². The van der Waals surface area contributed by atoms with Gasteiger partial charge in [0.05, 0.1) is 12.0 Å². The molecule has 2 aromatic rings. The zero-order valence-corrected chi connectivity index (χ0v) is 9.42. The first-order valence-corrected chi connectivity index (χ1v) is 5.21. The van der Waals surface area contributed by atoms with E-state index >= 15 is 0 Å². The van der Waals surface area contributed by atoms with Crippen molar-refractivity contribution in [2.75, 3.05) is 0 Å².